The van der Waals surface area contributed by atoms with Crippen LogP contribution in [0.2, 0.25) is 0 Å². The van der Waals surface area contributed by atoms with Crippen LogP contribution in [0.4, 0.5) is 5.69 Å². The van der Waals surface area contributed by atoms with Crippen LogP contribution >= 0.6 is 7.92 Å². The zero-order valence-corrected chi connectivity index (χ0v) is 23.7. The monoisotopic (exact) mass is 535 g/mol. The first-order valence-corrected chi connectivity index (χ1v) is 15.4. The molecule has 2 heteroatoms. The molecule has 0 radical (unpaired) electrons. The molecule has 0 aliphatic heterocycles. The van der Waals surface area contributed by atoms with Gasteiger partial charge in [0.1, 0.15) is 0 Å². The number of hydrogen-bond donors (Lipinski definition) is 0. The lowest BCUT2D eigenvalue weighted by Gasteiger charge is -2.43. The number of hydrogen-bond acceptors (Lipinski definition) is 1. The van der Waals surface area contributed by atoms with Crippen molar-refractivity contribution in [3.05, 3.63) is 186 Å². The van der Waals surface area contributed by atoms with E-state index in [0.717, 1.165) is 0 Å². The molecule has 196 valence electrons. The number of para-hydroxylation sites is 1. The first-order chi connectivity index (χ1) is 19.8. The normalized spacial score (nSPS) is 15.3. The molecule has 5 aromatic rings. The third-order valence-electron chi connectivity index (χ3n) is 7.74. The van der Waals surface area contributed by atoms with E-state index >= 15 is 0 Å². The average molecular weight is 536 g/mol. The molecule has 0 heterocycles. The van der Waals surface area contributed by atoms with Gasteiger partial charge in [-0.15, -0.1) is 0 Å². The van der Waals surface area contributed by atoms with Gasteiger partial charge in [-0.3, -0.25) is 0 Å². The Morgan fingerprint density at radius 3 is 1.45 bits per heavy atom. The molecule has 0 aromatic heterocycles. The van der Waals surface area contributed by atoms with Gasteiger partial charge in [0.15, 0.2) is 0 Å². The summed E-state index contributed by atoms with van der Waals surface area (Å²) >= 11 is 0. The smallest absolute Gasteiger partial charge is 0.0799 e. The Hall–Kier alpha value is -4.19. The van der Waals surface area contributed by atoms with E-state index in [1.54, 1.807) is 0 Å². The van der Waals surface area contributed by atoms with Gasteiger partial charge in [-0.2, -0.15) is 0 Å². The van der Waals surface area contributed by atoms with E-state index in [1.807, 2.05) is 0 Å². The summed E-state index contributed by atoms with van der Waals surface area (Å²) in [5.41, 5.74) is 3.83. The summed E-state index contributed by atoms with van der Waals surface area (Å²) in [4.78, 5) is 2.64. The molecule has 5 aromatic carbocycles. The third kappa shape index (κ3) is 5.44. The molecule has 6 rings (SSSR count). The number of rotatable bonds is 9. The van der Waals surface area contributed by atoms with Crippen LogP contribution in [0.15, 0.2) is 175 Å². The largest absolute Gasteiger partial charge is 0.357 e. The van der Waals surface area contributed by atoms with Crippen molar-refractivity contribution in [3.63, 3.8) is 0 Å². The lowest BCUT2D eigenvalue weighted by Crippen LogP contribution is -2.42. The molecule has 1 nitrogen and oxygen atoms in total. The summed E-state index contributed by atoms with van der Waals surface area (Å²) in [6.07, 6.45) is 7.08. The van der Waals surface area contributed by atoms with E-state index in [4.69, 9.17) is 0 Å². The predicted molar refractivity (Wildman–Crippen MR) is 173 cm³/mol. The molecule has 40 heavy (non-hydrogen) atoms. The second-order valence-electron chi connectivity index (χ2n) is 10.2. The summed E-state index contributed by atoms with van der Waals surface area (Å²) in [5, 5.41) is 4.29. The van der Waals surface area contributed by atoms with E-state index < -0.39 is 7.92 Å². The number of allylic oxidation sites excluding steroid dienone is 2. The van der Waals surface area contributed by atoms with Gasteiger partial charge in [0.05, 0.1) is 6.04 Å². The summed E-state index contributed by atoms with van der Waals surface area (Å²) in [6.45, 7) is 2.41. The van der Waals surface area contributed by atoms with Crippen molar-refractivity contribution >= 4 is 24.2 Å². The van der Waals surface area contributed by atoms with Crippen molar-refractivity contribution in [3.8, 4) is 0 Å². The number of anilines is 1. The second-order valence-corrected chi connectivity index (χ2v) is 12.4. The minimum Gasteiger partial charge on any atom is -0.357 e. The van der Waals surface area contributed by atoms with Crippen molar-refractivity contribution in [2.45, 2.75) is 19.0 Å². The van der Waals surface area contributed by atoms with Crippen LogP contribution in [0.5, 0.6) is 0 Å². The van der Waals surface area contributed by atoms with E-state index in [2.05, 4.69) is 182 Å². The fourth-order valence-corrected chi connectivity index (χ4v) is 8.56. The van der Waals surface area contributed by atoms with Crippen molar-refractivity contribution in [1.82, 2.24) is 0 Å². The highest BCUT2D eigenvalue weighted by Gasteiger charge is 2.36. The molecule has 2 atom stereocenters. The Labute approximate surface area is 239 Å². The first-order valence-electron chi connectivity index (χ1n) is 14.0. The number of benzene rings is 5. The van der Waals surface area contributed by atoms with Gasteiger partial charge in [-0.05, 0) is 54.0 Å². The zero-order chi connectivity index (χ0) is 27.1. The molecular weight excluding hydrogens is 501 g/mol. The van der Waals surface area contributed by atoms with Crippen LogP contribution < -0.4 is 15.5 Å². The minimum atomic E-state index is -0.673. The molecule has 0 saturated heterocycles. The predicted octanol–water partition coefficient (Wildman–Crippen LogP) is 8.87. The Kier molecular flexibility index (Phi) is 8.03. The Balaban J connectivity index is 1.47. The quantitative estimate of drug-likeness (QED) is 0.170. The highest BCUT2D eigenvalue weighted by atomic mass is 31.1. The highest BCUT2D eigenvalue weighted by molar-refractivity contribution is 7.76. The Bertz CT molecular complexity index is 1470. The molecular formula is C38H34NP. The van der Waals surface area contributed by atoms with Crippen LogP contribution in [-0.2, 0) is 0 Å². The maximum Gasteiger partial charge on any atom is 0.0799 e. The summed E-state index contributed by atoms with van der Waals surface area (Å²) in [5.74, 6) is 0.265. The third-order valence-corrected chi connectivity index (χ3v) is 10.3. The molecule has 0 amide bonds. The van der Waals surface area contributed by atoms with E-state index in [1.165, 1.54) is 32.7 Å². The molecule has 0 spiro atoms. The van der Waals surface area contributed by atoms with Gasteiger partial charge in [0.25, 0.3) is 0 Å². The molecule has 1 aliphatic carbocycles. The molecule has 0 bridgehead atoms. The van der Waals surface area contributed by atoms with Gasteiger partial charge in [0, 0.05) is 17.6 Å². The van der Waals surface area contributed by atoms with Crippen molar-refractivity contribution < 1.29 is 0 Å². The average Bonchev–Trinajstić information content (AvgIpc) is 3.51. The maximum atomic E-state index is 2.64. The topological polar surface area (TPSA) is 3.24 Å². The van der Waals surface area contributed by atoms with Gasteiger partial charge in [-0.1, -0.05) is 158 Å². The lowest BCUT2D eigenvalue weighted by molar-refractivity contribution is 0.525. The Morgan fingerprint density at radius 1 is 0.550 bits per heavy atom. The van der Waals surface area contributed by atoms with Crippen LogP contribution in [0.3, 0.4) is 0 Å². The lowest BCUT2D eigenvalue weighted by atomic mass is 9.91. The Morgan fingerprint density at radius 2 is 0.975 bits per heavy atom. The summed E-state index contributed by atoms with van der Waals surface area (Å²) < 4.78 is 0. The van der Waals surface area contributed by atoms with Gasteiger partial charge < -0.3 is 4.90 Å². The molecule has 0 fully saturated rings. The van der Waals surface area contributed by atoms with Crippen LogP contribution in [0.1, 0.15) is 24.1 Å². The summed E-state index contributed by atoms with van der Waals surface area (Å²) in [7, 11) is -0.673. The number of nitrogens with zero attached hydrogens (tertiary/aromatic N) is 1. The van der Waals surface area contributed by atoms with Crippen molar-refractivity contribution in [1.29, 1.82) is 0 Å². The SMILES string of the molecule is CC(C1C=CC=C1P(c1ccccc1)c1ccccc1)N(c1ccccc1)C(c1ccccc1)c1ccccc1. The van der Waals surface area contributed by atoms with Crippen LogP contribution in [0, 0.1) is 5.92 Å². The van der Waals surface area contributed by atoms with Crippen LogP contribution in [0.25, 0.3) is 0 Å². The van der Waals surface area contributed by atoms with Crippen molar-refractivity contribution in [2.75, 3.05) is 4.90 Å². The van der Waals surface area contributed by atoms with Gasteiger partial charge >= 0.3 is 0 Å². The minimum absolute atomic E-state index is 0.0785. The van der Waals surface area contributed by atoms with E-state index in [0.29, 0.717) is 0 Å². The molecule has 2 unspecified atom stereocenters. The van der Waals surface area contributed by atoms with E-state index in [-0.39, 0.29) is 18.0 Å². The maximum absolute atomic E-state index is 2.64. The van der Waals surface area contributed by atoms with Gasteiger partial charge in [-0.25, -0.2) is 0 Å². The molecule has 0 N–H and O–H groups in total. The first kappa shape index (κ1) is 26.1. The van der Waals surface area contributed by atoms with Crippen LogP contribution in [-0.4, -0.2) is 6.04 Å². The fraction of sp³-hybridized carbons (Fsp3) is 0.105. The second kappa shape index (κ2) is 12.3. The molecule has 0 saturated carbocycles. The standard InChI is InChI=1S/C38H34NP/c1-30(36-28-17-29-37(36)40(34-24-13-5-14-25-34)35-26-15-6-16-27-35)39(33-22-11-4-12-23-33)38(31-18-7-2-8-19-31)32-20-9-3-10-21-32/h2-30,36,38H,1H3. The highest BCUT2D eigenvalue weighted by Crippen LogP contribution is 2.51. The molecule has 1 aliphatic rings. The van der Waals surface area contributed by atoms with Crippen molar-refractivity contribution in [2.24, 2.45) is 5.92 Å². The van der Waals surface area contributed by atoms with E-state index in [9.17, 15) is 0 Å². The zero-order valence-electron chi connectivity index (χ0n) is 22.8. The summed E-state index contributed by atoms with van der Waals surface area (Å²) in [6, 6.07) is 55.2. The fourth-order valence-electron chi connectivity index (χ4n) is 5.89. The van der Waals surface area contributed by atoms with Gasteiger partial charge in [0.2, 0.25) is 0 Å².